The van der Waals surface area contributed by atoms with E-state index in [-0.39, 0.29) is 17.4 Å². The molecule has 0 aromatic heterocycles. The van der Waals surface area contributed by atoms with Crippen molar-refractivity contribution in [2.45, 2.75) is 43.6 Å². The fourth-order valence-electron chi connectivity index (χ4n) is 2.82. The summed E-state index contributed by atoms with van der Waals surface area (Å²) in [6.07, 6.45) is 5.44. The lowest BCUT2D eigenvalue weighted by molar-refractivity contribution is -0.123. The highest BCUT2D eigenvalue weighted by Crippen LogP contribution is 2.39. The molecule has 0 radical (unpaired) electrons. The number of alkyl halides is 1. The second-order valence-electron chi connectivity index (χ2n) is 5.55. The number of hydrogen-bond acceptors (Lipinski definition) is 1. The number of fused-ring (bicyclic) bond motifs is 1. The van der Waals surface area contributed by atoms with E-state index >= 15 is 0 Å². The predicted octanol–water partition coefficient (Wildman–Crippen LogP) is 3.15. The van der Waals surface area contributed by atoms with Crippen molar-refractivity contribution >= 4 is 21.8 Å². The minimum Gasteiger partial charge on any atom is -0.349 e. The van der Waals surface area contributed by atoms with Gasteiger partial charge in [0.1, 0.15) is 0 Å². The van der Waals surface area contributed by atoms with Gasteiger partial charge >= 0.3 is 0 Å². The first-order chi connectivity index (χ1) is 8.74. The van der Waals surface area contributed by atoms with E-state index in [0.717, 1.165) is 37.4 Å². The van der Waals surface area contributed by atoms with Crippen LogP contribution in [0.2, 0.25) is 0 Å². The summed E-state index contributed by atoms with van der Waals surface area (Å²) in [4.78, 5) is 12.4. The Bertz CT molecular complexity index is 467. The van der Waals surface area contributed by atoms with Crippen molar-refractivity contribution in [3.8, 4) is 0 Å². The third-order valence-electron chi connectivity index (χ3n) is 4.18. The average Bonchev–Trinajstić information content (AvgIpc) is 3.18. The van der Waals surface area contributed by atoms with Crippen LogP contribution in [0.15, 0.2) is 24.3 Å². The molecule has 1 aromatic carbocycles. The fourth-order valence-corrected chi connectivity index (χ4v) is 3.52. The molecule has 18 heavy (non-hydrogen) atoms. The summed E-state index contributed by atoms with van der Waals surface area (Å²) in [7, 11) is 0. The second kappa shape index (κ2) is 4.69. The number of benzene rings is 1. The summed E-state index contributed by atoms with van der Waals surface area (Å²) in [6.45, 7) is 0. The topological polar surface area (TPSA) is 29.1 Å². The standard InChI is InChI=1S/C15H18BrNO/c16-10-15(8-9-15)17-14(18)13-7-3-5-11-4-1-2-6-12(11)13/h1-2,4,6,13H,3,5,7-10H2,(H,17,18). The highest BCUT2D eigenvalue weighted by atomic mass is 79.9. The van der Waals surface area contributed by atoms with Gasteiger partial charge in [0.05, 0.1) is 5.92 Å². The number of carbonyl (C=O) groups excluding carboxylic acids is 1. The lowest BCUT2D eigenvalue weighted by Gasteiger charge is -2.26. The molecule has 2 aliphatic carbocycles. The van der Waals surface area contributed by atoms with E-state index in [2.05, 4.69) is 39.4 Å². The van der Waals surface area contributed by atoms with Crippen LogP contribution in [0.4, 0.5) is 0 Å². The second-order valence-corrected chi connectivity index (χ2v) is 6.11. The van der Waals surface area contributed by atoms with Crippen LogP contribution < -0.4 is 5.32 Å². The summed E-state index contributed by atoms with van der Waals surface area (Å²) in [5.41, 5.74) is 2.66. The largest absolute Gasteiger partial charge is 0.349 e. The Balaban J connectivity index is 1.79. The third-order valence-corrected chi connectivity index (χ3v) is 5.26. The van der Waals surface area contributed by atoms with Crippen LogP contribution in [0.3, 0.4) is 0 Å². The number of halogens is 1. The Labute approximate surface area is 116 Å². The van der Waals surface area contributed by atoms with Crippen LogP contribution >= 0.6 is 15.9 Å². The van der Waals surface area contributed by atoms with Crippen molar-refractivity contribution in [3.05, 3.63) is 35.4 Å². The van der Waals surface area contributed by atoms with Gasteiger partial charge in [-0.1, -0.05) is 40.2 Å². The number of carbonyl (C=O) groups is 1. The van der Waals surface area contributed by atoms with Gasteiger partial charge in [0.2, 0.25) is 5.91 Å². The van der Waals surface area contributed by atoms with Crippen LogP contribution in [-0.2, 0) is 11.2 Å². The zero-order valence-corrected chi connectivity index (χ0v) is 12.0. The van der Waals surface area contributed by atoms with E-state index in [4.69, 9.17) is 0 Å². The predicted molar refractivity (Wildman–Crippen MR) is 76.0 cm³/mol. The minimum atomic E-state index is 0.0590. The van der Waals surface area contributed by atoms with E-state index in [9.17, 15) is 4.79 Å². The highest BCUT2D eigenvalue weighted by molar-refractivity contribution is 9.09. The van der Waals surface area contributed by atoms with Crippen molar-refractivity contribution in [3.63, 3.8) is 0 Å². The van der Waals surface area contributed by atoms with Crippen molar-refractivity contribution in [1.29, 1.82) is 0 Å². The lowest BCUT2D eigenvalue weighted by atomic mass is 9.82. The maximum Gasteiger partial charge on any atom is 0.228 e. The van der Waals surface area contributed by atoms with E-state index < -0.39 is 0 Å². The molecule has 0 heterocycles. The average molecular weight is 308 g/mol. The Morgan fingerprint density at radius 1 is 1.39 bits per heavy atom. The number of nitrogens with one attached hydrogen (secondary N) is 1. The maximum absolute atomic E-state index is 12.4. The van der Waals surface area contributed by atoms with Crippen LogP contribution in [0.1, 0.15) is 42.7 Å². The minimum absolute atomic E-state index is 0.0590. The molecular formula is C15H18BrNO. The van der Waals surface area contributed by atoms with E-state index in [1.807, 2.05) is 6.07 Å². The molecule has 0 spiro atoms. The van der Waals surface area contributed by atoms with E-state index in [0.29, 0.717) is 0 Å². The molecule has 3 rings (SSSR count). The summed E-state index contributed by atoms with van der Waals surface area (Å²) >= 11 is 3.50. The van der Waals surface area contributed by atoms with Gasteiger partial charge in [-0.15, -0.1) is 0 Å². The molecule has 1 amide bonds. The molecule has 1 aromatic rings. The highest BCUT2D eigenvalue weighted by Gasteiger charge is 2.44. The van der Waals surface area contributed by atoms with Gasteiger partial charge in [-0.2, -0.15) is 0 Å². The van der Waals surface area contributed by atoms with Gasteiger partial charge in [-0.25, -0.2) is 0 Å². The number of rotatable bonds is 3. The SMILES string of the molecule is O=C(NC1(CBr)CC1)C1CCCc2ccccc21. The molecule has 96 valence electrons. The van der Waals surface area contributed by atoms with Crippen LogP contribution in [0.5, 0.6) is 0 Å². The van der Waals surface area contributed by atoms with Crippen LogP contribution in [-0.4, -0.2) is 16.8 Å². The molecule has 0 bridgehead atoms. The van der Waals surface area contributed by atoms with Crippen molar-refractivity contribution < 1.29 is 4.79 Å². The van der Waals surface area contributed by atoms with Gasteiger partial charge in [0.15, 0.2) is 0 Å². The Morgan fingerprint density at radius 2 is 2.17 bits per heavy atom. The molecule has 2 nitrogen and oxygen atoms in total. The zero-order valence-electron chi connectivity index (χ0n) is 10.4. The van der Waals surface area contributed by atoms with Crippen molar-refractivity contribution in [2.75, 3.05) is 5.33 Å². The van der Waals surface area contributed by atoms with Crippen molar-refractivity contribution in [2.24, 2.45) is 0 Å². The fraction of sp³-hybridized carbons (Fsp3) is 0.533. The van der Waals surface area contributed by atoms with Gasteiger partial charge in [0.25, 0.3) is 0 Å². The Hall–Kier alpha value is -0.830. The van der Waals surface area contributed by atoms with Crippen LogP contribution in [0, 0.1) is 0 Å². The molecule has 1 N–H and O–H groups in total. The molecule has 2 aliphatic rings. The summed E-state index contributed by atoms with van der Waals surface area (Å²) in [5, 5.41) is 4.12. The number of hydrogen-bond donors (Lipinski definition) is 1. The lowest BCUT2D eigenvalue weighted by Crippen LogP contribution is -2.41. The third kappa shape index (κ3) is 2.20. The molecule has 1 fully saturated rings. The number of aryl methyl sites for hydroxylation is 1. The molecule has 3 heteroatoms. The van der Waals surface area contributed by atoms with E-state index in [1.54, 1.807) is 0 Å². The molecular weight excluding hydrogens is 290 g/mol. The summed E-state index contributed by atoms with van der Waals surface area (Å²) in [6, 6.07) is 8.39. The first-order valence-corrected chi connectivity index (χ1v) is 7.82. The Kier molecular flexibility index (Phi) is 3.18. The monoisotopic (exact) mass is 307 g/mol. The van der Waals surface area contributed by atoms with E-state index in [1.165, 1.54) is 11.1 Å². The molecule has 0 aliphatic heterocycles. The van der Waals surface area contributed by atoms with Gasteiger partial charge in [-0.3, -0.25) is 4.79 Å². The van der Waals surface area contributed by atoms with Crippen molar-refractivity contribution in [1.82, 2.24) is 5.32 Å². The number of amides is 1. The first-order valence-electron chi connectivity index (χ1n) is 6.70. The summed E-state index contributed by atoms with van der Waals surface area (Å²) in [5.74, 6) is 0.283. The smallest absolute Gasteiger partial charge is 0.228 e. The van der Waals surface area contributed by atoms with Gasteiger partial charge in [0, 0.05) is 10.9 Å². The normalized spacial score (nSPS) is 24.2. The summed E-state index contributed by atoms with van der Waals surface area (Å²) < 4.78 is 0. The molecule has 1 saturated carbocycles. The van der Waals surface area contributed by atoms with Gasteiger partial charge < -0.3 is 5.32 Å². The quantitative estimate of drug-likeness (QED) is 0.854. The Morgan fingerprint density at radius 3 is 2.89 bits per heavy atom. The van der Waals surface area contributed by atoms with Gasteiger partial charge in [-0.05, 0) is 43.2 Å². The zero-order chi connectivity index (χ0) is 12.6. The first kappa shape index (κ1) is 12.2. The maximum atomic E-state index is 12.4. The molecule has 1 unspecified atom stereocenters. The molecule has 0 saturated heterocycles. The molecule has 1 atom stereocenters. The van der Waals surface area contributed by atoms with Crippen LogP contribution in [0.25, 0.3) is 0 Å².